The zero-order chi connectivity index (χ0) is 11.3. The van der Waals surface area contributed by atoms with E-state index in [-0.39, 0.29) is 0 Å². The van der Waals surface area contributed by atoms with Crippen LogP contribution in [0, 0.1) is 0 Å². The Bertz CT molecular complexity index is 246. The molecule has 1 atom stereocenters. The van der Waals surface area contributed by atoms with E-state index in [4.69, 9.17) is 0 Å². The second-order valence-electron chi connectivity index (χ2n) is 4.61. The molecule has 3 heteroatoms. The zero-order valence-electron chi connectivity index (χ0n) is 10.1. The normalized spacial score (nSPS) is 22.3. The van der Waals surface area contributed by atoms with Crippen molar-refractivity contribution < 1.29 is 0 Å². The molecule has 0 aromatic carbocycles. The molecule has 86 valence electrons. The van der Waals surface area contributed by atoms with Crippen molar-refractivity contribution in [2.24, 2.45) is 0 Å². The minimum absolute atomic E-state index is 0.812. The molecule has 1 rings (SSSR count). The lowest BCUT2D eigenvalue weighted by atomic mass is 10.4. The highest BCUT2D eigenvalue weighted by atomic mass is 32.2. The van der Waals surface area contributed by atoms with Crippen molar-refractivity contribution in [1.82, 2.24) is 0 Å². The number of hydrogen-bond acceptors (Lipinski definition) is 2. The van der Waals surface area contributed by atoms with Crippen molar-refractivity contribution >= 4 is 31.6 Å². The average Bonchev–Trinajstić information content (AvgIpc) is 2.19. The van der Waals surface area contributed by atoms with Gasteiger partial charge >= 0.3 is 0 Å². The van der Waals surface area contributed by atoms with E-state index in [0.29, 0.717) is 0 Å². The summed E-state index contributed by atoms with van der Waals surface area (Å²) in [6.45, 7) is 11.1. The summed E-state index contributed by atoms with van der Waals surface area (Å²) >= 11 is 4.25. The summed E-state index contributed by atoms with van der Waals surface area (Å²) in [5.74, 6) is 1.22. The van der Waals surface area contributed by atoms with E-state index in [2.05, 4.69) is 62.3 Å². The van der Waals surface area contributed by atoms with Gasteiger partial charge in [0.15, 0.2) is 0 Å². The third-order valence-electron chi connectivity index (χ3n) is 2.66. The average molecular weight is 259 g/mol. The first-order valence-electron chi connectivity index (χ1n) is 5.70. The molecule has 1 heterocycles. The molecular weight excluding hydrogens is 236 g/mol. The molecule has 0 spiro atoms. The van der Waals surface area contributed by atoms with Crippen LogP contribution in [0.2, 0.25) is 19.1 Å². The predicted octanol–water partition coefficient (Wildman–Crippen LogP) is 4.91. The topological polar surface area (TPSA) is 0 Å². The van der Waals surface area contributed by atoms with Gasteiger partial charge in [0.1, 0.15) is 0 Å². The van der Waals surface area contributed by atoms with Gasteiger partial charge in [0.25, 0.3) is 0 Å². The third kappa shape index (κ3) is 4.04. The standard InChI is InChI=1S/C12H22S2Si/c1-5-7-11-13-9-8-12(14-11)15(3,4)10-6-2/h6,8,11H,2,5,7,9-10H2,1,3-4H3. The molecule has 0 aromatic heterocycles. The fourth-order valence-electron chi connectivity index (χ4n) is 1.73. The summed E-state index contributed by atoms with van der Waals surface area (Å²) in [6, 6.07) is 1.22. The first kappa shape index (κ1) is 13.5. The second-order valence-corrected chi connectivity index (χ2v) is 12.5. The molecule has 0 radical (unpaired) electrons. The summed E-state index contributed by atoms with van der Waals surface area (Å²) in [7, 11) is -1.18. The number of hydrogen-bond donors (Lipinski definition) is 0. The minimum Gasteiger partial charge on any atom is -0.143 e. The second kappa shape index (κ2) is 6.21. The Morgan fingerprint density at radius 1 is 1.60 bits per heavy atom. The number of rotatable bonds is 5. The summed E-state index contributed by atoms with van der Waals surface area (Å²) in [5.41, 5.74) is 0. The van der Waals surface area contributed by atoms with Crippen LogP contribution in [0.25, 0.3) is 0 Å². The maximum Gasteiger partial charge on any atom is 0.0921 e. The lowest BCUT2D eigenvalue weighted by Gasteiger charge is -2.30. The molecule has 0 fully saturated rings. The van der Waals surface area contributed by atoms with Crippen molar-refractivity contribution in [1.29, 1.82) is 0 Å². The first-order valence-corrected chi connectivity index (χ1v) is 10.8. The van der Waals surface area contributed by atoms with Gasteiger partial charge < -0.3 is 0 Å². The SMILES string of the molecule is C=CC[Si](C)(C)C1=CCSC(CCC)S1. The Labute approximate surface area is 104 Å². The Hall–Kier alpha value is 0.397. The van der Waals surface area contributed by atoms with Crippen molar-refractivity contribution in [3.05, 3.63) is 23.3 Å². The van der Waals surface area contributed by atoms with E-state index in [1.807, 2.05) is 0 Å². The molecule has 0 saturated carbocycles. The van der Waals surface area contributed by atoms with Gasteiger partial charge in [-0.05, 0) is 17.0 Å². The van der Waals surface area contributed by atoms with Gasteiger partial charge in [-0.3, -0.25) is 0 Å². The van der Waals surface area contributed by atoms with Gasteiger partial charge in [0.05, 0.1) is 12.7 Å². The molecule has 1 aliphatic rings. The Balaban J connectivity index is 2.62. The highest BCUT2D eigenvalue weighted by molar-refractivity contribution is 8.20. The van der Waals surface area contributed by atoms with Crippen molar-refractivity contribution in [3.63, 3.8) is 0 Å². The molecule has 0 aromatic rings. The van der Waals surface area contributed by atoms with Crippen LogP contribution in [0.3, 0.4) is 0 Å². The molecule has 0 nitrogen and oxygen atoms in total. The molecule has 15 heavy (non-hydrogen) atoms. The van der Waals surface area contributed by atoms with E-state index in [1.165, 1.54) is 24.6 Å². The smallest absolute Gasteiger partial charge is 0.0921 e. The molecule has 0 N–H and O–H groups in total. The van der Waals surface area contributed by atoms with Crippen LogP contribution >= 0.6 is 23.5 Å². The van der Waals surface area contributed by atoms with E-state index in [0.717, 1.165) is 4.58 Å². The van der Waals surface area contributed by atoms with E-state index in [9.17, 15) is 0 Å². The van der Waals surface area contributed by atoms with Gasteiger partial charge in [-0.1, -0.05) is 38.6 Å². The lowest BCUT2D eigenvalue weighted by molar-refractivity contribution is 0.871. The molecule has 0 aliphatic carbocycles. The molecule has 1 unspecified atom stereocenters. The molecule has 0 amide bonds. The molecule has 1 aliphatic heterocycles. The summed E-state index contributed by atoms with van der Waals surface area (Å²) in [5, 5.41) is 0. The fourth-order valence-corrected chi connectivity index (χ4v) is 8.29. The van der Waals surface area contributed by atoms with E-state index in [1.54, 1.807) is 4.53 Å². The van der Waals surface area contributed by atoms with Crippen LogP contribution in [0.4, 0.5) is 0 Å². The number of thioether (sulfide) groups is 2. The van der Waals surface area contributed by atoms with Crippen LogP contribution in [0.15, 0.2) is 23.3 Å². The number of allylic oxidation sites excluding steroid dienone is 1. The van der Waals surface area contributed by atoms with Gasteiger partial charge in [-0.2, -0.15) is 0 Å². The quantitative estimate of drug-likeness (QED) is 0.507. The molecule has 0 saturated heterocycles. The lowest BCUT2D eigenvalue weighted by Crippen LogP contribution is -2.28. The van der Waals surface area contributed by atoms with Gasteiger partial charge in [0.2, 0.25) is 0 Å². The third-order valence-corrected chi connectivity index (χ3v) is 10.1. The first-order chi connectivity index (χ1) is 7.10. The van der Waals surface area contributed by atoms with Crippen LogP contribution in [-0.4, -0.2) is 18.4 Å². The maximum atomic E-state index is 3.89. The highest BCUT2D eigenvalue weighted by Crippen LogP contribution is 2.42. The molecule has 0 bridgehead atoms. The van der Waals surface area contributed by atoms with Gasteiger partial charge in [0, 0.05) is 5.75 Å². The fraction of sp³-hybridized carbons (Fsp3) is 0.667. The van der Waals surface area contributed by atoms with Crippen molar-refractivity contribution in [2.75, 3.05) is 5.75 Å². The maximum absolute atomic E-state index is 3.89. The highest BCUT2D eigenvalue weighted by Gasteiger charge is 2.29. The van der Waals surface area contributed by atoms with Gasteiger partial charge in [-0.25, -0.2) is 0 Å². The van der Waals surface area contributed by atoms with Crippen molar-refractivity contribution in [2.45, 2.75) is 43.5 Å². The zero-order valence-corrected chi connectivity index (χ0v) is 12.7. The van der Waals surface area contributed by atoms with Crippen LogP contribution in [-0.2, 0) is 0 Å². The molecular formula is C12H22S2Si. The monoisotopic (exact) mass is 258 g/mol. The van der Waals surface area contributed by atoms with Crippen molar-refractivity contribution in [3.8, 4) is 0 Å². The van der Waals surface area contributed by atoms with Crippen LogP contribution in [0.1, 0.15) is 19.8 Å². The van der Waals surface area contributed by atoms with Crippen LogP contribution < -0.4 is 0 Å². The Morgan fingerprint density at radius 3 is 2.93 bits per heavy atom. The summed E-state index contributed by atoms with van der Waals surface area (Å²) in [6.07, 6.45) is 7.23. The Morgan fingerprint density at radius 2 is 2.33 bits per heavy atom. The van der Waals surface area contributed by atoms with Gasteiger partial charge in [-0.15, -0.1) is 30.1 Å². The van der Waals surface area contributed by atoms with E-state index >= 15 is 0 Å². The largest absolute Gasteiger partial charge is 0.143 e. The Kier molecular flexibility index (Phi) is 5.57. The van der Waals surface area contributed by atoms with E-state index < -0.39 is 8.07 Å². The van der Waals surface area contributed by atoms with Crippen LogP contribution in [0.5, 0.6) is 0 Å². The summed E-state index contributed by atoms with van der Waals surface area (Å²) < 4.78 is 2.52. The predicted molar refractivity (Wildman–Crippen MR) is 79.3 cm³/mol. The minimum atomic E-state index is -1.18. The summed E-state index contributed by atoms with van der Waals surface area (Å²) in [4.78, 5) is 0.